The summed E-state index contributed by atoms with van der Waals surface area (Å²) >= 11 is 0. The highest BCUT2D eigenvalue weighted by Crippen LogP contribution is 2.41. The molecule has 10 heteroatoms. The standard InChI is InChI=1S/C26H25F6N3O/c1-17-16-34(23-11-12-33-15-21(23)25(27,28)29)13-14-35(17)22-6-4-3-5-20(22)18-7-9-19(10-8-18)24(2,36)26(30,31)32/h3-12,15,17,36H,13-14,16H2,1-2H3/t17-,24?/m1/s1. The second-order valence-electron chi connectivity index (χ2n) is 9.04. The van der Waals surface area contributed by atoms with Gasteiger partial charge in [-0.2, -0.15) is 26.3 Å². The summed E-state index contributed by atoms with van der Waals surface area (Å²) in [5, 5.41) is 9.95. The van der Waals surface area contributed by atoms with Crippen LogP contribution in [0.2, 0.25) is 0 Å². The lowest BCUT2D eigenvalue weighted by molar-refractivity contribution is -0.258. The Hall–Kier alpha value is -3.27. The Morgan fingerprint density at radius 1 is 0.889 bits per heavy atom. The Labute approximate surface area is 204 Å². The molecular formula is C26H25F6N3O. The molecule has 1 aromatic heterocycles. The van der Waals surface area contributed by atoms with Gasteiger partial charge in [-0.25, -0.2) is 0 Å². The van der Waals surface area contributed by atoms with Crippen molar-refractivity contribution in [1.29, 1.82) is 0 Å². The van der Waals surface area contributed by atoms with E-state index in [-0.39, 0.29) is 17.3 Å². The quantitative estimate of drug-likeness (QED) is 0.422. The van der Waals surface area contributed by atoms with Crippen LogP contribution in [0.25, 0.3) is 11.1 Å². The van der Waals surface area contributed by atoms with Gasteiger partial charge in [0.2, 0.25) is 0 Å². The number of para-hydroxylation sites is 1. The summed E-state index contributed by atoms with van der Waals surface area (Å²) in [5.41, 5.74) is -1.67. The molecule has 36 heavy (non-hydrogen) atoms. The van der Waals surface area contributed by atoms with Crippen molar-refractivity contribution in [3.63, 3.8) is 0 Å². The van der Waals surface area contributed by atoms with E-state index < -0.39 is 23.5 Å². The fraction of sp³-hybridized carbons (Fsp3) is 0.346. The maximum Gasteiger partial charge on any atom is 0.421 e. The summed E-state index contributed by atoms with van der Waals surface area (Å²) < 4.78 is 80.1. The van der Waals surface area contributed by atoms with Crippen molar-refractivity contribution >= 4 is 11.4 Å². The minimum absolute atomic E-state index is 0.0876. The average Bonchev–Trinajstić information content (AvgIpc) is 2.83. The number of alkyl halides is 6. The van der Waals surface area contributed by atoms with E-state index in [0.717, 1.165) is 17.4 Å². The maximum absolute atomic E-state index is 13.5. The van der Waals surface area contributed by atoms with Crippen LogP contribution in [0.4, 0.5) is 37.7 Å². The highest BCUT2D eigenvalue weighted by Gasteiger charge is 2.51. The van der Waals surface area contributed by atoms with Crippen molar-refractivity contribution in [2.24, 2.45) is 0 Å². The molecular weight excluding hydrogens is 484 g/mol. The van der Waals surface area contributed by atoms with Gasteiger partial charge < -0.3 is 14.9 Å². The van der Waals surface area contributed by atoms with Gasteiger partial charge in [0.15, 0.2) is 5.60 Å². The van der Waals surface area contributed by atoms with Gasteiger partial charge in [0.1, 0.15) is 0 Å². The van der Waals surface area contributed by atoms with Gasteiger partial charge in [0.05, 0.1) is 11.3 Å². The number of aliphatic hydroxyl groups is 1. The molecule has 1 fully saturated rings. The summed E-state index contributed by atoms with van der Waals surface area (Å²) in [6.07, 6.45) is -7.15. The zero-order valence-electron chi connectivity index (χ0n) is 19.6. The van der Waals surface area contributed by atoms with Crippen LogP contribution in [0, 0.1) is 0 Å². The van der Waals surface area contributed by atoms with E-state index in [0.29, 0.717) is 32.1 Å². The SMILES string of the molecule is C[C@@H]1CN(c2ccncc2C(F)(F)F)CCN1c1ccccc1-c1ccc(C(C)(O)C(F)(F)F)cc1. The predicted molar refractivity (Wildman–Crippen MR) is 126 cm³/mol. The number of hydrogen-bond acceptors (Lipinski definition) is 4. The fourth-order valence-electron chi connectivity index (χ4n) is 4.52. The zero-order valence-corrected chi connectivity index (χ0v) is 19.6. The predicted octanol–water partition coefficient (Wildman–Crippen LogP) is 6.25. The molecule has 1 aliphatic rings. The lowest BCUT2D eigenvalue weighted by Crippen LogP contribution is -2.52. The first-order chi connectivity index (χ1) is 16.8. The highest BCUT2D eigenvalue weighted by atomic mass is 19.4. The van der Waals surface area contributed by atoms with Gasteiger partial charge in [0.25, 0.3) is 0 Å². The molecule has 1 N–H and O–H groups in total. The molecule has 0 saturated carbocycles. The van der Waals surface area contributed by atoms with E-state index in [4.69, 9.17) is 0 Å². The third-order valence-corrected chi connectivity index (χ3v) is 6.60. The summed E-state index contributed by atoms with van der Waals surface area (Å²) in [6.45, 7) is 3.76. The van der Waals surface area contributed by atoms with Crippen LogP contribution in [0.3, 0.4) is 0 Å². The van der Waals surface area contributed by atoms with Crippen LogP contribution < -0.4 is 9.80 Å². The van der Waals surface area contributed by atoms with Gasteiger partial charge in [-0.1, -0.05) is 42.5 Å². The second kappa shape index (κ2) is 9.31. The molecule has 192 valence electrons. The van der Waals surface area contributed by atoms with Crippen LogP contribution >= 0.6 is 0 Å². The summed E-state index contributed by atoms with van der Waals surface area (Å²) in [6, 6.07) is 14.2. The zero-order chi connectivity index (χ0) is 26.3. The number of benzene rings is 2. The molecule has 0 aliphatic carbocycles. The van der Waals surface area contributed by atoms with Gasteiger partial charge in [-0.15, -0.1) is 0 Å². The first kappa shape index (κ1) is 25.8. The number of aromatic nitrogens is 1. The Balaban J connectivity index is 1.60. The average molecular weight is 509 g/mol. The first-order valence-electron chi connectivity index (χ1n) is 11.3. The van der Waals surface area contributed by atoms with Crippen LogP contribution in [0.5, 0.6) is 0 Å². The molecule has 1 aliphatic heterocycles. The van der Waals surface area contributed by atoms with E-state index in [1.165, 1.54) is 36.5 Å². The van der Waals surface area contributed by atoms with E-state index >= 15 is 0 Å². The Morgan fingerprint density at radius 3 is 2.17 bits per heavy atom. The Bertz CT molecular complexity index is 1210. The topological polar surface area (TPSA) is 39.6 Å². The van der Waals surface area contributed by atoms with Gasteiger partial charge in [-0.05, 0) is 37.1 Å². The van der Waals surface area contributed by atoms with E-state index in [9.17, 15) is 31.4 Å². The number of piperazine rings is 1. The minimum atomic E-state index is -4.82. The molecule has 0 bridgehead atoms. The summed E-state index contributed by atoms with van der Waals surface area (Å²) in [4.78, 5) is 7.41. The van der Waals surface area contributed by atoms with Gasteiger partial charge >= 0.3 is 12.4 Å². The highest BCUT2D eigenvalue weighted by molar-refractivity contribution is 5.79. The lowest BCUT2D eigenvalue weighted by Gasteiger charge is -2.43. The fourth-order valence-corrected chi connectivity index (χ4v) is 4.52. The number of nitrogens with zero attached hydrogens (tertiary/aromatic N) is 3. The van der Waals surface area contributed by atoms with E-state index in [2.05, 4.69) is 9.88 Å². The minimum Gasteiger partial charge on any atom is -0.376 e. The first-order valence-corrected chi connectivity index (χ1v) is 11.3. The van der Waals surface area contributed by atoms with Crippen LogP contribution in [-0.4, -0.2) is 41.9 Å². The van der Waals surface area contributed by atoms with Crippen molar-refractivity contribution in [3.8, 4) is 11.1 Å². The number of halogens is 6. The van der Waals surface area contributed by atoms with Crippen molar-refractivity contribution in [2.75, 3.05) is 29.4 Å². The Kier molecular flexibility index (Phi) is 6.68. The van der Waals surface area contributed by atoms with E-state index in [1.54, 1.807) is 4.90 Å². The molecule has 2 heterocycles. The largest absolute Gasteiger partial charge is 0.421 e. The molecule has 0 radical (unpaired) electrons. The molecule has 4 nitrogen and oxygen atoms in total. The van der Waals surface area contributed by atoms with Crippen molar-refractivity contribution in [2.45, 2.75) is 37.8 Å². The number of anilines is 2. The van der Waals surface area contributed by atoms with Crippen LogP contribution in [0.15, 0.2) is 67.0 Å². The Morgan fingerprint density at radius 2 is 1.56 bits per heavy atom. The van der Waals surface area contributed by atoms with Crippen LogP contribution in [-0.2, 0) is 11.8 Å². The lowest BCUT2D eigenvalue weighted by atomic mass is 9.92. The normalized spacial score (nSPS) is 18.8. The molecule has 4 rings (SSSR count). The van der Waals surface area contributed by atoms with Gasteiger partial charge in [0, 0.05) is 49.3 Å². The number of hydrogen-bond donors (Lipinski definition) is 1. The molecule has 0 amide bonds. The monoisotopic (exact) mass is 509 g/mol. The molecule has 3 aromatic rings. The molecule has 2 atom stereocenters. The third-order valence-electron chi connectivity index (χ3n) is 6.60. The molecule has 0 spiro atoms. The van der Waals surface area contributed by atoms with Crippen molar-refractivity contribution in [3.05, 3.63) is 78.1 Å². The molecule has 2 aromatic carbocycles. The number of pyridine rings is 1. The summed E-state index contributed by atoms with van der Waals surface area (Å²) in [7, 11) is 0. The van der Waals surface area contributed by atoms with Crippen LogP contribution in [0.1, 0.15) is 25.0 Å². The van der Waals surface area contributed by atoms with Crippen molar-refractivity contribution in [1.82, 2.24) is 4.98 Å². The maximum atomic E-state index is 13.5. The number of rotatable bonds is 4. The summed E-state index contributed by atoms with van der Waals surface area (Å²) in [5.74, 6) is 0. The van der Waals surface area contributed by atoms with Gasteiger partial charge in [-0.3, -0.25) is 4.98 Å². The second-order valence-corrected chi connectivity index (χ2v) is 9.04. The smallest absolute Gasteiger partial charge is 0.376 e. The third kappa shape index (κ3) is 4.86. The van der Waals surface area contributed by atoms with E-state index in [1.807, 2.05) is 31.2 Å². The van der Waals surface area contributed by atoms with Crippen molar-refractivity contribution < 1.29 is 31.4 Å². The molecule has 1 saturated heterocycles. The molecule has 1 unspecified atom stereocenters.